The third kappa shape index (κ3) is 6.70. The number of rotatable bonds is 7. The minimum absolute atomic E-state index is 0.176. The Morgan fingerprint density at radius 2 is 1.79 bits per heavy atom. The molecule has 0 fully saturated rings. The van der Waals surface area contributed by atoms with Crippen molar-refractivity contribution >= 4 is 23.0 Å². The second-order valence-corrected chi connectivity index (χ2v) is 6.22. The highest BCUT2D eigenvalue weighted by atomic mass is 32.1. The van der Waals surface area contributed by atoms with Gasteiger partial charge in [-0.1, -0.05) is 18.2 Å². The van der Waals surface area contributed by atoms with Gasteiger partial charge in [-0.2, -0.15) is 18.3 Å². The Hall–Kier alpha value is -2.87. The van der Waals surface area contributed by atoms with Crippen molar-refractivity contribution in [3.05, 3.63) is 77.9 Å². The molecule has 0 aliphatic carbocycles. The number of nitrogens with zero attached hydrogens (tertiary/aromatic N) is 1. The summed E-state index contributed by atoms with van der Waals surface area (Å²) in [7, 11) is 0. The molecule has 2 rings (SSSR count). The van der Waals surface area contributed by atoms with E-state index in [0.29, 0.717) is 23.0 Å². The molecule has 4 nitrogen and oxygen atoms in total. The maximum Gasteiger partial charge on any atom is 0.416 e. The molecule has 0 atom stereocenters. The summed E-state index contributed by atoms with van der Waals surface area (Å²) in [5, 5.41) is 7.50. The van der Waals surface area contributed by atoms with E-state index in [9.17, 15) is 13.2 Å². The number of alkyl halides is 3. The molecule has 0 heterocycles. The van der Waals surface area contributed by atoms with E-state index >= 15 is 0 Å². The van der Waals surface area contributed by atoms with Crippen LogP contribution in [-0.4, -0.2) is 17.4 Å². The van der Waals surface area contributed by atoms with Crippen molar-refractivity contribution in [1.29, 1.82) is 0 Å². The first-order chi connectivity index (χ1) is 13.3. The lowest BCUT2D eigenvalue weighted by Crippen LogP contribution is -2.32. The normalized spacial score (nSPS) is 11.6. The topological polar surface area (TPSA) is 45.7 Å². The van der Waals surface area contributed by atoms with Gasteiger partial charge in [-0.3, -0.25) is 5.43 Å². The van der Waals surface area contributed by atoms with Gasteiger partial charge in [0.2, 0.25) is 0 Å². The van der Waals surface area contributed by atoms with Crippen LogP contribution in [0.25, 0.3) is 0 Å². The molecule has 148 valence electrons. The molecule has 28 heavy (non-hydrogen) atoms. The van der Waals surface area contributed by atoms with Gasteiger partial charge in [-0.05, 0) is 66.7 Å². The molecule has 0 saturated carbocycles. The zero-order valence-electron chi connectivity index (χ0n) is 15.2. The van der Waals surface area contributed by atoms with E-state index < -0.39 is 11.7 Å². The van der Waals surface area contributed by atoms with Gasteiger partial charge in [-0.15, -0.1) is 6.58 Å². The van der Waals surface area contributed by atoms with E-state index in [4.69, 9.17) is 17.0 Å². The molecule has 0 spiro atoms. The summed E-state index contributed by atoms with van der Waals surface area (Å²) in [5.41, 5.74) is 4.33. The fraction of sp³-hybridized carbons (Fsp3) is 0.200. The number of hydrazone groups is 1. The molecule has 0 aliphatic rings. The molecule has 0 radical (unpaired) electrons. The summed E-state index contributed by atoms with van der Waals surface area (Å²) < 4.78 is 43.3. The minimum Gasteiger partial charge on any atom is -0.489 e. The molecule has 2 N–H and O–H groups in total. The van der Waals surface area contributed by atoms with Crippen molar-refractivity contribution in [2.75, 3.05) is 6.54 Å². The molecule has 0 aromatic heterocycles. The molecule has 0 amide bonds. The molecule has 0 bridgehead atoms. The number of benzene rings is 2. The quantitative estimate of drug-likeness (QED) is 0.303. The van der Waals surface area contributed by atoms with Crippen LogP contribution in [0.3, 0.4) is 0 Å². The maximum atomic E-state index is 12.6. The van der Waals surface area contributed by atoms with Crippen molar-refractivity contribution in [2.45, 2.75) is 19.7 Å². The molecular formula is C20H20F3N3OS. The van der Waals surface area contributed by atoms with E-state index in [-0.39, 0.29) is 6.61 Å². The van der Waals surface area contributed by atoms with Crippen molar-refractivity contribution in [1.82, 2.24) is 10.7 Å². The number of hydrogen-bond acceptors (Lipinski definition) is 3. The molecular weight excluding hydrogens is 387 g/mol. The van der Waals surface area contributed by atoms with Gasteiger partial charge in [0, 0.05) is 6.54 Å². The average molecular weight is 407 g/mol. The van der Waals surface area contributed by atoms with Crippen molar-refractivity contribution in [2.24, 2.45) is 5.10 Å². The Morgan fingerprint density at radius 1 is 1.14 bits per heavy atom. The zero-order chi connectivity index (χ0) is 20.6. The van der Waals surface area contributed by atoms with Crippen LogP contribution in [0.1, 0.15) is 23.6 Å². The summed E-state index contributed by atoms with van der Waals surface area (Å²) in [6, 6.07) is 12.1. The minimum atomic E-state index is -4.34. The molecule has 0 saturated heterocycles. The first kappa shape index (κ1) is 21.4. The Kier molecular flexibility index (Phi) is 7.57. The molecule has 2 aromatic carbocycles. The summed E-state index contributed by atoms with van der Waals surface area (Å²) in [6.45, 7) is 6.15. The monoisotopic (exact) mass is 407 g/mol. The number of nitrogens with one attached hydrogen (secondary N) is 2. The van der Waals surface area contributed by atoms with Crippen LogP contribution in [0.15, 0.2) is 66.3 Å². The molecule has 8 heteroatoms. The van der Waals surface area contributed by atoms with Gasteiger partial charge in [0.1, 0.15) is 12.4 Å². The summed E-state index contributed by atoms with van der Waals surface area (Å²) in [5.74, 6) is 0.604. The molecule has 2 aromatic rings. The lowest BCUT2D eigenvalue weighted by atomic mass is 10.1. The number of ether oxygens (including phenoxy) is 1. The number of hydrogen-bond donors (Lipinski definition) is 2. The highest BCUT2D eigenvalue weighted by Gasteiger charge is 2.29. The van der Waals surface area contributed by atoms with Crippen LogP contribution in [0.2, 0.25) is 0 Å². The van der Waals surface area contributed by atoms with Crippen LogP contribution in [0.4, 0.5) is 13.2 Å². The predicted octanol–water partition coefficient (Wildman–Crippen LogP) is 4.66. The summed E-state index contributed by atoms with van der Waals surface area (Å²) >= 11 is 5.06. The second kappa shape index (κ2) is 9.89. The SMILES string of the molecule is C=CCNC(=S)N/N=C(\C)c1ccc(OCc2ccc(C(F)(F)F)cc2)cc1. The van der Waals surface area contributed by atoms with E-state index in [0.717, 1.165) is 23.4 Å². The largest absolute Gasteiger partial charge is 0.489 e. The van der Waals surface area contributed by atoms with Gasteiger partial charge in [0.05, 0.1) is 11.3 Å². The summed E-state index contributed by atoms with van der Waals surface area (Å²) in [4.78, 5) is 0. The second-order valence-electron chi connectivity index (χ2n) is 5.82. The Labute approximate surface area is 167 Å². The molecule has 0 aliphatic heterocycles. The summed E-state index contributed by atoms with van der Waals surface area (Å²) in [6.07, 6.45) is -2.65. The van der Waals surface area contributed by atoms with E-state index in [1.807, 2.05) is 19.1 Å². The van der Waals surface area contributed by atoms with Crippen molar-refractivity contribution < 1.29 is 17.9 Å². The van der Waals surface area contributed by atoms with Crippen LogP contribution in [-0.2, 0) is 12.8 Å². The Morgan fingerprint density at radius 3 is 2.36 bits per heavy atom. The van der Waals surface area contributed by atoms with E-state index in [1.54, 1.807) is 18.2 Å². The number of thiocarbonyl (C=S) groups is 1. The smallest absolute Gasteiger partial charge is 0.416 e. The Bertz CT molecular complexity index is 831. The highest BCUT2D eigenvalue weighted by Crippen LogP contribution is 2.29. The fourth-order valence-electron chi connectivity index (χ4n) is 2.15. The standard InChI is InChI=1S/C20H20F3N3OS/c1-3-12-24-19(28)26-25-14(2)16-6-10-18(11-7-16)27-13-15-4-8-17(9-5-15)20(21,22)23/h3-11H,1,12-13H2,2H3,(H2,24,26,28)/b25-14+. The highest BCUT2D eigenvalue weighted by molar-refractivity contribution is 7.80. The average Bonchev–Trinajstić information content (AvgIpc) is 2.69. The van der Waals surface area contributed by atoms with Gasteiger partial charge in [-0.25, -0.2) is 0 Å². The fourth-order valence-corrected chi connectivity index (χ4v) is 2.28. The Balaban J connectivity index is 1.90. The van der Waals surface area contributed by atoms with Gasteiger partial charge in [0.15, 0.2) is 5.11 Å². The number of halogens is 3. The first-order valence-corrected chi connectivity index (χ1v) is 8.79. The predicted molar refractivity (Wildman–Crippen MR) is 108 cm³/mol. The maximum absolute atomic E-state index is 12.6. The molecule has 0 unspecified atom stereocenters. The van der Waals surface area contributed by atoms with Crippen molar-refractivity contribution in [3.8, 4) is 5.75 Å². The lowest BCUT2D eigenvalue weighted by Gasteiger charge is -2.10. The third-order valence-electron chi connectivity index (χ3n) is 3.69. The van der Waals surface area contributed by atoms with Gasteiger partial charge in [0.25, 0.3) is 0 Å². The lowest BCUT2D eigenvalue weighted by molar-refractivity contribution is -0.137. The zero-order valence-corrected chi connectivity index (χ0v) is 16.0. The van der Waals surface area contributed by atoms with Crippen molar-refractivity contribution in [3.63, 3.8) is 0 Å². The van der Waals surface area contributed by atoms with Crippen LogP contribution in [0.5, 0.6) is 5.75 Å². The first-order valence-electron chi connectivity index (χ1n) is 8.38. The van der Waals surface area contributed by atoms with Crippen LogP contribution < -0.4 is 15.5 Å². The van der Waals surface area contributed by atoms with E-state index in [1.165, 1.54) is 12.1 Å². The van der Waals surface area contributed by atoms with Gasteiger partial charge < -0.3 is 10.1 Å². The van der Waals surface area contributed by atoms with Crippen LogP contribution >= 0.6 is 12.2 Å². The van der Waals surface area contributed by atoms with E-state index in [2.05, 4.69) is 22.4 Å². The van der Waals surface area contributed by atoms with Crippen LogP contribution in [0, 0.1) is 0 Å². The van der Waals surface area contributed by atoms with Gasteiger partial charge >= 0.3 is 6.18 Å². The third-order valence-corrected chi connectivity index (χ3v) is 3.93.